The molecule has 5 rings (SSSR count). The number of aromatic nitrogens is 2. The fraction of sp³-hybridized carbons (Fsp3) is 0.0870. The number of hydrogen-bond acceptors (Lipinski definition) is 5. The van der Waals surface area contributed by atoms with Gasteiger partial charge in [0.2, 0.25) is 0 Å². The third-order valence-electron chi connectivity index (χ3n) is 4.68. The summed E-state index contributed by atoms with van der Waals surface area (Å²) in [6.07, 6.45) is -3.55. The van der Waals surface area contributed by atoms with Crippen LogP contribution in [-0.2, 0) is 0 Å². The SMILES string of the molecule is CC(=O)c1c(O)c2cccnc2n(-c2cccc(OC(F)(F)F)c2)c1=O.c1cc2cc-2c1. The molecule has 3 aromatic rings. The molecular weight excluding hydrogens is 425 g/mol. The quantitative estimate of drug-likeness (QED) is 0.405. The Morgan fingerprint density at radius 1 is 1.03 bits per heavy atom. The fourth-order valence-corrected chi connectivity index (χ4v) is 3.26. The molecule has 0 spiro atoms. The topological polar surface area (TPSA) is 81.4 Å². The Bertz CT molecular complexity index is 1390. The van der Waals surface area contributed by atoms with Gasteiger partial charge in [0, 0.05) is 12.3 Å². The van der Waals surface area contributed by atoms with E-state index in [1.165, 1.54) is 41.6 Å². The lowest BCUT2D eigenvalue weighted by Gasteiger charge is -2.14. The second-order valence-electron chi connectivity index (χ2n) is 6.92. The Hall–Kier alpha value is -4.14. The maximum absolute atomic E-state index is 12.7. The smallest absolute Gasteiger partial charge is 0.506 e. The van der Waals surface area contributed by atoms with Crippen LogP contribution in [0, 0.1) is 0 Å². The minimum absolute atomic E-state index is 0.00273. The number of alkyl halides is 3. The number of benzene rings is 2. The molecule has 2 aromatic heterocycles. The monoisotopic (exact) mass is 440 g/mol. The van der Waals surface area contributed by atoms with Gasteiger partial charge >= 0.3 is 6.36 Å². The predicted octanol–water partition coefficient (Wildman–Crippen LogP) is 4.86. The number of rotatable bonds is 3. The third-order valence-corrected chi connectivity index (χ3v) is 4.68. The van der Waals surface area contributed by atoms with Crippen LogP contribution < -0.4 is 10.3 Å². The van der Waals surface area contributed by atoms with E-state index in [4.69, 9.17) is 0 Å². The number of carbonyl (C=O) groups excluding carboxylic acids is 1. The zero-order chi connectivity index (χ0) is 23.0. The van der Waals surface area contributed by atoms with Gasteiger partial charge in [0.25, 0.3) is 5.56 Å². The van der Waals surface area contributed by atoms with E-state index in [2.05, 4.69) is 34.0 Å². The number of aromatic hydroxyl groups is 1. The van der Waals surface area contributed by atoms with E-state index in [9.17, 15) is 27.9 Å². The lowest BCUT2D eigenvalue weighted by atomic mass is 10.1. The number of pyridine rings is 2. The van der Waals surface area contributed by atoms with Gasteiger partial charge in [0.1, 0.15) is 17.1 Å². The van der Waals surface area contributed by atoms with Crippen molar-refractivity contribution in [2.75, 3.05) is 0 Å². The highest BCUT2D eigenvalue weighted by Crippen LogP contribution is 2.32. The number of carbonyl (C=O) groups is 1. The van der Waals surface area contributed by atoms with Crippen LogP contribution in [-0.4, -0.2) is 26.8 Å². The second-order valence-corrected chi connectivity index (χ2v) is 6.92. The average Bonchev–Trinajstić information content (AvgIpc) is 3.32. The van der Waals surface area contributed by atoms with Crippen LogP contribution in [0.4, 0.5) is 13.2 Å². The van der Waals surface area contributed by atoms with Crippen LogP contribution in [0.5, 0.6) is 11.5 Å². The van der Waals surface area contributed by atoms with Crippen LogP contribution in [0.3, 0.4) is 0 Å². The molecule has 0 fully saturated rings. The van der Waals surface area contributed by atoms with Gasteiger partial charge in [-0.05, 0) is 48.4 Å². The normalized spacial score (nSPS) is 11.5. The number of Topliss-reactive ketones (excluding diaryl/α,β-unsaturated/α-hetero) is 1. The molecule has 2 aliphatic carbocycles. The Balaban J connectivity index is 0.000000346. The van der Waals surface area contributed by atoms with Crippen molar-refractivity contribution in [3.8, 4) is 28.3 Å². The Morgan fingerprint density at radius 2 is 1.72 bits per heavy atom. The zero-order valence-corrected chi connectivity index (χ0v) is 16.6. The zero-order valence-electron chi connectivity index (χ0n) is 16.6. The van der Waals surface area contributed by atoms with Gasteiger partial charge in [-0.15, -0.1) is 13.2 Å². The van der Waals surface area contributed by atoms with Crippen molar-refractivity contribution in [1.82, 2.24) is 9.55 Å². The minimum atomic E-state index is -4.90. The van der Waals surface area contributed by atoms with E-state index in [1.54, 1.807) is 0 Å². The summed E-state index contributed by atoms with van der Waals surface area (Å²) < 4.78 is 42.2. The molecule has 2 heterocycles. The molecule has 1 N–H and O–H groups in total. The first-order valence-electron chi connectivity index (χ1n) is 9.36. The molecule has 0 saturated carbocycles. The molecule has 0 unspecified atom stereocenters. The first-order chi connectivity index (χ1) is 15.2. The lowest BCUT2D eigenvalue weighted by molar-refractivity contribution is -0.274. The van der Waals surface area contributed by atoms with E-state index in [0.717, 1.165) is 23.6 Å². The maximum Gasteiger partial charge on any atom is 0.573 e. The summed E-state index contributed by atoms with van der Waals surface area (Å²) in [5, 5.41) is 10.3. The van der Waals surface area contributed by atoms with E-state index in [-0.39, 0.29) is 16.7 Å². The van der Waals surface area contributed by atoms with Gasteiger partial charge in [0.05, 0.1) is 11.1 Å². The van der Waals surface area contributed by atoms with Crippen LogP contribution in [0.25, 0.3) is 27.8 Å². The number of ether oxygens (including phenoxy) is 1. The van der Waals surface area contributed by atoms with Crippen molar-refractivity contribution < 1.29 is 27.8 Å². The van der Waals surface area contributed by atoms with Crippen molar-refractivity contribution in [1.29, 1.82) is 0 Å². The van der Waals surface area contributed by atoms with Crippen LogP contribution in [0.2, 0.25) is 0 Å². The van der Waals surface area contributed by atoms with E-state index < -0.39 is 34.8 Å². The number of halogens is 3. The molecule has 0 aliphatic heterocycles. The summed E-state index contributed by atoms with van der Waals surface area (Å²) in [4.78, 5) is 28.5. The summed E-state index contributed by atoms with van der Waals surface area (Å²) in [6, 6.07) is 16.1. The third kappa shape index (κ3) is 4.18. The van der Waals surface area contributed by atoms with E-state index in [0.29, 0.717) is 0 Å². The van der Waals surface area contributed by atoms with Crippen molar-refractivity contribution in [2.45, 2.75) is 13.3 Å². The van der Waals surface area contributed by atoms with E-state index >= 15 is 0 Å². The predicted molar refractivity (Wildman–Crippen MR) is 111 cm³/mol. The summed E-state index contributed by atoms with van der Waals surface area (Å²) in [7, 11) is 0. The highest BCUT2D eigenvalue weighted by Gasteiger charge is 2.31. The second kappa shape index (κ2) is 7.84. The first kappa shape index (κ1) is 21.1. The van der Waals surface area contributed by atoms with Gasteiger partial charge < -0.3 is 9.84 Å². The fourth-order valence-electron chi connectivity index (χ4n) is 3.26. The van der Waals surface area contributed by atoms with Crippen LogP contribution in [0.15, 0.2) is 71.7 Å². The molecule has 0 radical (unpaired) electrons. The molecule has 2 aliphatic rings. The molecule has 0 saturated heterocycles. The average molecular weight is 440 g/mol. The minimum Gasteiger partial charge on any atom is -0.506 e. The number of nitrogens with zero attached hydrogens (tertiary/aromatic N) is 2. The van der Waals surface area contributed by atoms with E-state index in [1.807, 2.05) is 0 Å². The maximum atomic E-state index is 12.7. The number of fused-ring (bicyclic) bond motifs is 2. The van der Waals surface area contributed by atoms with Crippen molar-refractivity contribution in [3.63, 3.8) is 0 Å². The Morgan fingerprint density at radius 3 is 2.28 bits per heavy atom. The molecule has 0 bridgehead atoms. The summed E-state index contributed by atoms with van der Waals surface area (Å²) in [6.45, 7) is 1.10. The van der Waals surface area contributed by atoms with Gasteiger partial charge in [-0.2, -0.15) is 0 Å². The van der Waals surface area contributed by atoms with Gasteiger partial charge in [0.15, 0.2) is 11.4 Å². The summed E-state index contributed by atoms with van der Waals surface area (Å²) in [5.74, 6) is -1.75. The molecule has 162 valence electrons. The van der Waals surface area contributed by atoms with Gasteiger partial charge in [-0.1, -0.05) is 24.3 Å². The summed E-state index contributed by atoms with van der Waals surface area (Å²) >= 11 is 0. The molecule has 32 heavy (non-hydrogen) atoms. The standard InChI is InChI=1S/C17H11F3N2O4.C6H4/c1-9(23)13-14(24)12-6-3-7-21-15(12)22(16(13)25)10-4-2-5-11(8-10)26-17(18,19)20;1-2-5-4-6(5)3-1/h2-8,24H,1H3;1-4H. The van der Waals surface area contributed by atoms with Crippen LogP contribution >= 0.6 is 0 Å². The number of hydrogen-bond donors (Lipinski definition) is 1. The lowest BCUT2D eigenvalue weighted by Crippen LogP contribution is -2.25. The van der Waals surface area contributed by atoms with Gasteiger partial charge in [-0.3, -0.25) is 14.2 Å². The molecule has 0 amide bonds. The molecule has 6 nitrogen and oxygen atoms in total. The molecular formula is C23H15F3N2O4. The van der Waals surface area contributed by atoms with Crippen molar-refractivity contribution in [3.05, 3.63) is 82.8 Å². The Kier molecular flexibility index (Phi) is 5.17. The Labute approximate surface area is 179 Å². The highest BCUT2D eigenvalue weighted by molar-refractivity contribution is 6.01. The van der Waals surface area contributed by atoms with Gasteiger partial charge in [-0.25, -0.2) is 4.98 Å². The molecule has 1 aromatic carbocycles. The first-order valence-corrected chi connectivity index (χ1v) is 9.36. The molecule has 9 heteroatoms. The van der Waals surface area contributed by atoms with Crippen LogP contribution in [0.1, 0.15) is 17.3 Å². The highest BCUT2D eigenvalue weighted by atomic mass is 19.4. The summed E-state index contributed by atoms with van der Waals surface area (Å²) in [5.41, 5.74) is 1.47. The van der Waals surface area contributed by atoms with Crippen molar-refractivity contribution >= 4 is 16.8 Å². The van der Waals surface area contributed by atoms with Crippen molar-refractivity contribution in [2.24, 2.45) is 0 Å². The number of ketones is 1. The largest absolute Gasteiger partial charge is 0.573 e. The molecule has 0 atom stereocenters.